The van der Waals surface area contributed by atoms with Crippen molar-refractivity contribution in [1.29, 1.82) is 0 Å². The number of aliphatic hydroxyl groups excluding tert-OH is 1. The van der Waals surface area contributed by atoms with E-state index in [-0.39, 0.29) is 6.61 Å². The first-order valence-corrected chi connectivity index (χ1v) is 8.89. The van der Waals surface area contributed by atoms with Crippen molar-refractivity contribution in [2.75, 3.05) is 20.8 Å². The van der Waals surface area contributed by atoms with E-state index in [0.29, 0.717) is 0 Å². The zero-order valence-electron chi connectivity index (χ0n) is 16.8. The lowest BCUT2D eigenvalue weighted by molar-refractivity contribution is 0.331. The van der Waals surface area contributed by atoms with Crippen LogP contribution in [0.4, 0.5) is 0 Å². The maximum atomic E-state index is 9.06. The Labute approximate surface area is 158 Å². The number of ether oxygens (including phenoxy) is 2. The molecule has 0 unspecified atom stereocenters. The van der Waals surface area contributed by atoms with Crippen molar-refractivity contribution in [2.24, 2.45) is 0 Å². The van der Waals surface area contributed by atoms with Gasteiger partial charge in [-0.25, -0.2) is 0 Å². The van der Waals surface area contributed by atoms with Gasteiger partial charge in [0.15, 0.2) is 0 Å². The maximum absolute atomic E-state index is 9.06. The maximum Gasteiger partial charge on any atom is 0.130 e. The first kappa shape index (κ1) is 21.8. The molecule has 3 heteroatoms. The minimum atomic E-state index is 0.124. The minimum Gasteiger partial charge on any atom is -0.496 e. The van der Waals surface area contributed by atoms with Gasteiger partial charge in [-0.1, -0.05) is 48.6 Å². The van der Waals surface area contributed by atoms with Crippen molar-refractivity contribution in [1.82, 2.24) is 0 Å². The molecule has 0 heterocycles. The van der Waals surface area contributed by atoms with Gasteiger partial charge < -0.3 is 14.6 Å². The predicted molar refractivity (Wildman–Crippen MR) is 112 cm³/mol. The zero-order chi connectivity index (χ0) is 19.7. The van der Waals surface area contributed by atoms with E-state index in [4.69, 9.17) is 14.6 Å². The van der Waals surface area contributed by atoms with Gasteiger partial charge in [-0.3, -0.25) is 0 Å². The summed E-state index contributed by atoms with van der Waals surface area (Å²) >= 11 is 0. The number of benzene rings is 1. The Balaban J connectivity index is 3.21. The Kier molecular flexibility index (Phi) is 8.94. The summed E-state index contributed by atoms with van der Waals surface area (Å²) < 4.78 is 11.3. The van der Waals surface area contributed by atoms with E-state index >= 15 is 0 Å². The Hall–Kier alpha value is -2.26. The normalized spacial score (nSPS) is 12.1. The first-order chi connectivity index (χ1) is 12.4. The summed E-state index contributed by atoms with van der Waals surface area (Å²) in [7, 11) is 3.36. The molecule has 1 aromatic carbocycles. The van der Waals surface area contributed by atoms with Crippen LogP contribution in [-0.4, -0.2) is 25.9 Å². The van der Waals surface area contributed by atoms with Crippen LogP contribution in [0.3, 0.4) is 0 Å². The molecule has 0 spiro atoms. The third-order valence-corrected chi connectivity index (χ3v) is 4.60. The van der Waals surface area contributed by atoms with Crippen LogP contribution in [0.1, 0.15) is 48.9 Å². The SMILES string of the molecule is C=Cc1c(C=C)c(OC)c(CC=C(C)CCC=C(C)CO)c(C)c1OC. The molecule has 1 rings (SSSR count). The fourth-order valence-corrected chi connectivity index (χ4v) is 3.05. The van der Waals surface area contributed by atoms with E-state index < -0.39 is 0 Å². The fraction of sp³-hybridized carbons (Fsp3) is 0.391. The molecule has 0 saturated carbocycles. The summed E-state index contributed by atoms with van der Waals surface area (Å²) in [6.07, 6.45) is 10.6. The van der Waals surface area contributed by atoms with Gasteiger partial charge in [-0.2, -0.15) is 0 Å². The smallest absolute Gasteiger partial charge is 0.130 e. The van der Waals surface area contributed by atoms with Crippen molar-refractivity contribution in [3.63, 3.8) is 0 Å². The summed E-state index contributed by atoms with van der Waals surface area (Å²) in [5, 5.41) is 9.06. The topological polar surface area (TPSA) is 38.7 Å². The van der Waals surface area contributed by atoms with Gasteiger partial charge in [-0.15, -0.1) is 0 Å². The Morgan fingerprint density at radius 1 is 0.962 bits per heavy atom. The van der Waals surface area contributed by atoms with E-state index in [1.54, 1.807) is 26.4 Å². The van der Waals surface area contributed by atoms with Crippen molar-refractivity contribution in [2.45, 2.75) is 40.0 Å². The second-order valence-electron chi connectivity index (χ2n) is 6.41. The molecule has 0 radical (unpaired) electrons. The van der Waals surface area contributed by atoms with Crippen LogP contribution in [0.5, 0.6) is 11.5 Å². The molecule has 0 bridgehead atoms. The lowest BCUT2D eigenvalue weighted by atomic mass is 9.93. The average molecular weight is 357 g/mol. The number of rotatable bonds is 10. The van der Waals surface area contributed by atoms with Gasteiger partial charge in [0.25, 0.3) is 0 Å². The second-order valence-corrected chi connectivity index (χ2v) is 6.41. The zero-order valence-corrected chi connectivity index (χ0v) is 16.8. The Bertz CT molecular complexity index is 709. The van der Waals surface area contributed by atoms with Gasteiger partial charge in [0.2, 0.25) is 0 Å². The first-order valence-electron chi connectivity index (χ1n) is 8.89. The van der Waals surface area contributed by atoms with Gasteiger partial charge in [0, 0.05) is 16.7 Å². The van der Waals surface area contributed by atoms with Gasteiger partial charge in [0.05, 0.1) is 20.8 Å². The fourth-order valence-electron chi connectivity index (χ4n) is 3.05. The summed E-state index contributed by atoms with van der Waals surface area (Å²) in [6, 6.07) is 0. The highest BCUT2D eigenvalue weighted by molar-refractivity contribution is 5.77. The van der Waals surface area contributed by atoms with Crippen LogP contribution in [0.15, 0.2) is 36.5 Å². The molecule has 0 aromatic heterocycles. The lowest BCUT2D eigenvalue weighted by Gasteiger charge is -2.20. The molecule has 0 saturated heterocycles. The quantitative estimate of drug-likeness (QED) is 0.562. The Morgan fingerprint density at radius 2 is 1.54 bits per heavy atom. The number of methoxy groups -OCH3 is 2. The van der Waals surface area contributed by atoms with E-state index in [2.05, 4.69) is 32.2 Å². The summed E-state index contributed by atoms with van der Waals surface area (Å²) in [5.74, 6) is 1.64. The Morgan fingerprint density at radius 3 is 2.04 bits per heavy atom. The predicted octanol–water partition coefficient (Wildman–Crippen LogP) is 5.51. The van der Waals surface area contributed by atoms with Crippen molar-refractivity contribution in [3.8, 4) is 11.5 Å². The molecular formula is C23H32O3. The monoisotopic (exact) mass is 356 g/mol. The third kappa shape index (κ3) is 5.12. The molecule has 142 valence electrons. The summed E-state index contributed by atoms with van der Waals surface area (Å²) in [6.45, 7) is 14.1. The molecule has 26 heavy (non-hydrogen) atoms. The molecule has 0 amide bonds. The van der Waals surface area contributed by atoms with Crippen LogP contribution in [-0.2, 0) is 6.42 Å². The van der Waals surface area contributed by atoms with E-state index in [0.717, 1.165) is 58.6 Å². The van der Waals surface area contributed by atoms with Gasteiger partial charge >= 0.3 is 0 Å². The number of allylic oxidation sites excluding steroid dienone is 3. The van der Waals surface area contributed by atoms with Crippen LogP contribution in [0.25, 0.3) is 12.2 Å². The summed E-state index contributed by atoms with van der Waals surface area (Å²) in [5.41, 5.74) is 6.30. The van der Waals surface area contributed by atoms with E-state index in [1.807, 2.05) is 13.8 Å². The second kappa shape index (κ2) is 10.7. The molecule has 0 atom stereocenters. The third-order valence-electron chi connectivity index (χ3n) is 4.60. The lowest BCUT2D eigenvalue weighted by Crippen LogP contribution is -2.03. The average Bonchev–Trinajstić information content (AvgIpc) is 2.65. The number of aliphatic hydroxyl groups is 1. The molecule has 1 aromatic rings. The molecule has 0 aliphatic rings. The molecule has 0 fully saturated rings. The van der Waals surface area contributed by atoms with Crippen LogP contribution >= 0.6 is 0 Å². The highest BCUT2D eigenvalue weighted by atomic mass is 16.5. The van der Waals surface area contributed by atoms with Crippen molar-refractivity contribution < 1.29 is 14.6 Å². The molecule has 3 nitrogen and oxygen atoms in total. The van der Waals surface area contributed by atoms with Crippen molar-refractivity contribution in [3.05, 3.63) is 58.7 Å². The van der Waals surface area contributed by atoms with Gasteiger partial charge in [-0.05, 0) is 45.6 Å². The molecule has 0 aliphatic heterocycles. The number of hydrogen-bond acceptors (Lipinski definition) is 3. The van der Waals surface area contributed by atoms with Crippen LogP contribution < -0.4 is 9.47 Å². The highest BCUT2D eigenvalue weighted by Gasteiger charge is 2.19. The molecule has 1 N–H and O–H groups in total. The van der Waals surface area contributed by atoms with E-state index in [1.165, 1.54) is 5.57 Å². The summed E-state index contributed by atoms with van der Waals surface area (Å²) in [4.78, 5) is 0. The molecule has 0 aliphatic carbocycles. The van der Waals surface area contributed by atoms with E-state index in [9.17, 15) is 0 Å². The van der Waals surface area contributed by atoms with Gasteiger partial charge in [0.1, 0.15) is 11.5 Å². The highest BCUT2D eigenvalue weighted by Crippen LogP contribution is 2.40. The largest absolute Gasteiger partial charge is 0.496 e. The number of hydrogen-bond donors (Lipinski definition) is 1. The standard InChI is InChI=1S/C23H32O3/c1-8-19-20(9-2)23(26-7)21(18(5)22(19)25-6)14-13-16(3)11-10-12-17(4)15-24/h8-9,12-13,24H,1-2,10-11,14-15H2,3-7H3. The minimum absolute atomic E-state index is 0.124. The molecular weight excluding hydrogens is 324 g/mol. The van der Waals surface area contributed by atoms with Crippen LogP contribution in [0.2, 0.25) is 0 Å². The van der Waals surface area contributed by atoms with Crippen LogP contribution in [0, 0.1) is 6.92 Å². The van der Waals surface area contributed by atoms with Crippen molar-refractivity contribution >= 4 is 12.2 Å².